The lowest BCUT2D eigenvalue weighted by molar-refractivity contribution is 0.0623. The molecule has 1 aromatic rings. The molecule has 0 bridgehead atoms. The molecule has 122 valence electrons. The molecule has 3 rings (SSSR count). The number of hydrogen-bond donors (Lipinski definition) is 1. The monoisotopic (exact) mass is 302 g/mol. The summed E-state index contributed by atoms with van der Waals surface area (Å²) in [4.78, 5) is 9.62. The molecule has 2 unspecified atom stereocenters. The third-order valence-corrected chi connectivity index (χ3v) is 5.28. The third-order valence-electron chi connectivity index (χ3n) is 5.28. The lowest BCUT2D eigenvalue weighted by Crippen LogP contribution is -2.50. The Bertz CT molecular complexity index is 430. The van der Waals surface area contributed by atoms with E-state index < -0.39 is 0 Å². The van der Waals surface area contributed by atoms with E-state index in [9.17, 15) is 0 Å². The van der Waals surface area contributed by atoms with Crippen molar-refractivity contribution in [1.82, 2.24) is 20.1 Å². The summed E-state index contributed by atoms with van der Waals surface area (Å²) >= 11 is 0. The maximum Gasteiger partial charge on any atom is 0.0479 e. The number of nitrogens with zero attached hydrogens (tertiary/aromatic N) is 3. The molecular weight excluding hydrogens is 272 g/mol. The topological polar surface area (TPSA) is 31.4 Å². The van der Waals surface area contributed by atoms with Gasteiger partial charge >= 0.3 is 0 Å². The largest absolute Gasteiger partial charge is 0.314 e. The highest BCUT2D eigenvalue weighted by atomic mass is 15.3. The van der Waals surface area contributed by atoms with E-state index in [0.29, 0.717) is 6.04 Å². The summed E-state index contributed by atoms with van der Waals surface area (Å²) in [7, 11) is 0. The molecule has 22 heavy (non-hydrogen) atoms. The zero-order chi connectivity index (χ0) is 15.2. The van der Waals surface area contributed by atoms with Crippen LogP contribution in [0.25, 0.3) is 0 Å². The van der Waals surface area contributed by atoms with E-state index in [1.807, 2.05) is 12.4 Å². The summed E-state index contributed by atoms with van der Waals surface area (Å²) in [5, 5.41) is 3.46. The van der Waals surface area contributed by atoms with Gasteiger partial charge in [0.1, 0.15) is 0 Å². The van der Waals surface area contributed by atoms with Crippen molar-refractivity contribution in [2.75, 3.05) is 39.3 Å². The smallest absolute Gasteiger partial charge is 0.0479 e. The van der Waals surface area contributed by atoms with Crippen LogP contribution in [0.15, 0.2) is 24.5 Å². The highest BCUT2D eigenvalue weighted by Gasteiger charge is 2.30. The van der Waals surface area contributed by atoms with Gasteiger partial charge in [0.15, 0.2) is 0 Å². The van der Waals surface area contributed by atoms with E-state index in [1.54, 1.807) is 0 Å². The van der Waals surface area contributed by atoms with Crippen LogP contribution in [0, 0.1) is 0 Å². The molecule has 0 aromatic carbocycles. The minimum absolute atomic E-state index is 0.520. The third kappa shape index (κ3) is 3.86. The highest BCUT2D eigenvalue weighted by Crippen LogP contribution is 2.30. The zero-order valence-corrected chi connectivity index (χ0v) is 13.9. The minimum atomic E-state index is 0.520. The van der Waals surface area contributed by atoms with Crippen LogP contribution in [0.2, 0.25) is 0 Å². The maximum atomic E-state index is 4.22. The van der Waals surface area contributed by atoms with Gasteiger partial charge in [-0.15, -0.1) is 0 Å². The Hall–Kier alpha value is -0.970. The first-order chi connectivity index (χ1) is 10.9. The molecule has 4 heteroatoms. The van der Waals surface area contributed by atoms with Gasteiger partial charge in [-0.1, -0.05) is 13.3 Å². The van der Waals surface area contributed by atoms with E-state index >= 15 is 0 Å². The SMILES string of the molecule is CCC1CCCCN1C(CN1CCNCC1)c1ccncc1. The molecule has 0 saturated carbocycles. The first-order valence-electron chi connectivity index (χ1n) is 8.97. The van der Waals surface area contributed by atoms with E-state index in [2.05, 4.69) is 39.2 Å². The van der Waals surface area contributed by atoms with Crippen molar-refractivity contribution in [3.05, 3.63) is 30.1 Å². The Morgan fingerprint density at radius 1 is 1.18 bits per heavy atom. The van der Waals surface area contributed by atoms with Crippen molar-refractivity contribution < 1.29 is 0 Å². The van der Waals surface area contributed by atoms with Crippen molar-refractivity contribution in [2.24, 2.45) is 0 Å². The summed E-state index contributed by atoms with van der Waals surface area (Å²) < 4.78 is 0. The average Bonchev–Trinajstić information content (AvgIpc) is 2.61. The summed E-state index contributed by atoms with van der Waals surface area (Å²) in [5.74, 6) is 0. The Morgan fingerprint density at radius 2 is 1.95 bits per heavy atom. The molecule has 0 radical (unpaired) electrons. The van der Waals surface area contributed by atoms with Gasteiger partial charge in [0.25, 0.3) is 0 Å². The predicted octanol–water partition coefficient (Wildman–Crippen LogP) is 2.29. The first-order valence-corrected chi connectivity index (χ1v) is 8.97. The molecular formula is C18H30N4. The van der Waals surface area contributed by atoms with Gasteiger partial charge in [-0.3, -0.25) is 14.8 Å². The zero-order valence-electron chi connectivity index (χ0n) is 13.9. The van der Waals surface area contributed by atoms with Gasteiger partial charge in [0.05, 0.1) is 0 Å². The highest BCUT2D eigenvalue weighted by molar-refractivity contribution is 5.16. The first kappa shape index (κ1) is 15.9. The van der Waals surface area contributed by atoms with Crippen LogP contribution in [0.1, 0.15) is 44.2 Å². The lowest BCUT2D eigenvalue weighted by Gasteiger charge is -2.43. The molecule has 2 aliphatic heterocycles. The lowest BCUT2D eigenvalue weighted by atomic mass is 9.94. The molecule has 2 fully saturated rings. The molecule has 0 amide bonds. The fourth-order valence-corrected chi connectivity index (χ4v) is 4.00. The van der Waals surface area contributed by atoms with E-state index in [0.717, 1.165) is 25.7 Å². The van der Waals surface area contributed by atoms with Crippen LogP contribution < -0.4 is 5.32 Å². The fraction of sp³-hybridized carbons (Fsp3) is 0.722. The Labute approximate surface area is 134 Å². The molecule has 0 aliphatic carbocycles. The number of nitrogens with one attached hydrogen (secondary N) is 1. The molecule has 2 atom stereocenters. The van der Waals surface area contributed by atoms with Crippen LogP contribution in [-0.4, -0.2) is 60.1 Å². The van der Waals surface area contributed by atoms with Gasteiger partial charge in [-0.25, -0.2) is 0 Å². The number of rotatable bonds is 5. The summed E-state index contributed by atoms with van der Waals surface area (Å²) in [5.41, 5.74) is 1.44. The fourth-order valence-electron chi connectivity index (χ4n) is 4.00. The van der Waals surface area contributed by atoms with Crippen LogP contribution in [0.4, 0.5) is 0 Å². The van der Waals surface area contributed by atoms with Gasteiger partial charge in [0.2, 0.25) is 0 Å². The summed E-state index contributed by atoms with van der Waals surface area (Å²) in [6, 6.07) is 5.70. The second kappa shape index (κ2) is 8.04. The van der Waals surface area contributed by atoms with E-state index in [1.165, 1.54) is 50.9 Å². The van der Waals surface area contributed by atoms with Crippen LogP contribution in [0.5, 0.6) is 0 Å². The number of aromatic nitrogens is 1. The normalized spacial score (nSPS) is 26.0. The Kier molecular flexibility index (Phi) is 5.82. The standard InChI is InChI=1S/C18H30N4/c1-2-17-5-3-4-12-22(17)18(16-6-8-19-9-7-16)15-21-13-10-20-11-14-21/h6-9,17-18,20H,2-5,10-15H2,1H3. The average molecular weight is 302 g/mol. The second-order valence-electron chi connectivity index (χ2n) is 6.64. The quantitative estimate of drug-likeness (QED) is 0.904. The van der Waals surface area contributed by atoms with Gasteiger partial charge in [-0.05, 0) is 43.5 Å². The van der Waals surface area contributed by atoms with Crippen molar-refractivity contribution in [2.45, 2.75) is 44.7 Å². The number of piperazine rings is 1. The van der Waals surface area contributed by atoms with Gasteiger partial charge < -0.3 is 5.32 Å². The maximum absolute atomic E-state index is 4.22. The molecule has 1 aromatic heterocycles. The summed E-state index contributed by atoms with van der Waals surface area (Å²) in [6.45, 7) is 9.34. The predicted molar refractivity (Wildman–Crippen MR) is 90.9 cm³/mol. The van der Waals surface area contributed by atoms with Crippen molar-refractivity contribution in [3.8, 4) is 0 Å². The number of pyridine rings is 1. The molecule has 1 N–H and O–H groups in total. The van der Waals surface area contributed by atoms with Gasteiger partial charge in [-0.2, -0.15) is 0 Å². The molecule has 2 aliphatic rings. The molecule has 3 heterocycles. The van der Waals surface area contributed by atoms with Crippen LogP contribution in [0.3, 0.4) is 0 Å². The Morgan fingerprint density at radius 3 is 2.68 bits per heavy atom. The van der Waals surface area contributed by atoms with Crippen LogP contribution in [-0.2, 0) is 0 Å². The van der Waals surface area contributed by atoms with Crippen molar-refractivity contribution >= 4 is 0 Å². The number of piperidine rings is 1. The Balaban J connectivity index is 1.78. The van der Waals surface area contributed by atoms with Crippen molar-refractivity contribution in [1.29, 1.82) is 0 Å². The molecule has 0 spiro atoms. The molecule has 4 nitrogen and oxygen atoms in total. The summed E-state index contributed by atoms with van der Waals surface area (Å²) in [6.07, 6.45) is 9.27. The van der Waals surface area contributed by atoms with Crippen LogP contribution >= 0.6 is 0 Å². The van der Waals surface area contributed by atoms with E-state index in [-0.39, 0.29) is 0 Å². The van der Waals surface area contributed by atoms with Gasteiger partial charge in [0, 0.05) is 57.2 Å². The molecule has 2 saturated heterocycles. The minimum Gasteiger partial charge on any atom is -0.314 e. The van der Waals surface area contributed by atoms with E-state index in [4.69, 9.17) is 0 Å². The second-order valence-corrected chi connectivity index (χ2v) is 6.64. The number of hydrogen-bond acceptors (Lipinski definition) is 4. The van der Waals surface area contributed by atoms with Crippen molar-refractivity contribution in [3.63, 3.8) is 0 Å². The number of likely N-dealkylation sites (tertiary alicyclic amines) is 1.